The third-order valence-electron chi connectivity index (χ3n) is 2.71. The van der Waals surface area contributed by atoms with Gasteiger partial charge in [-0.25, -0.2) is 4.98 Å². The summed E-state index contributed by atoms with van der Waals surface area (Å²) in [5, 5.41) is 4.68. The van der Waals surface area contributed by atoms with Gasteiger partial charge in [0.05, 0.1) is 0 Å². The van der Waals surface area contributed by atoms with Gasteiger partial charge in [-0.05, 0) is 24.6 Å². The molecule has 0 aliphatic rings. The molecular weight excluding hydrogens is 262 g/mol. The lowest BCUT2D eigenvalue weighted by Gasteiger charge is -2.07. The van der Waals surface area contributed by atoms with Crippen molar-refractivity contribution in [3.8, 4) is 0 Å². The fourth-order valence-corrected chi connectivity index (χ4v) is 2.30. The molecule has 0 aliphatic heterocycles. The number of hydrogen-bond acceptors (Lipinski definition) is 5. The standard InChI is InChI=1S/C13H13N3O2S/c1-7-9(4-3-5-10(7)14)12(18)16-13-15-11(6-19-13)8(2)17/h3-6H,14H2,1-2H3,(H,15,16,18). The van der Waals surface area contributed by atoms with E-state index in [1.165, 1.54) is 18.3 Å². The lowest BCUT2D eigenvalue weighted by Crippen LogP contribution is -2.14. The summed E-state index contributed by atoms with van der Waals surface area (Å²) in [6, 6.07) is 5.16. The molecule has 0 fully saturated rings. The van der Waals surface area contributed by atoms with Crippen LogP contribution in [-0.4, -0.2) is 16.7 Å². The second kappa shape index (κ2) is 5.19. The van der Waals surface area contributed by atoms with Crippen LogP contribution in [0.15, 0.2) is 23.6 Å². The number of anilines is 2. The van der Waals surface area contributed by atoms with Gasteiger partial charge < -0.3 is 5.73 Å². The van der Waals surface area contributed by atoms with Crippen molar-refractivity contribution in [2.24, 2.45) is 0 Å². The zero-order chi connectivity index (χ0) is 14.0. The molecule has 0 aliphatic carbocycles. The van der Waals surface area contributed by atoms with Crippen molar-refractivity contribution in [2.45, 2.75) is 13.8 Å². The molecule has 0 atom stereocenters. The lowest BCUT2D eigenvalue weighted by atomic mass is 10.1. The summed E-state index contributed by atoms with van der Waals surface area (Å²) < 4.78 is 0. The molecular formula is C13H13N3O2S. The highest BCUT2D eigenvalue weighted by Crippen LogP contribution is 2.20. The second-order valence-electron chi connectivity index (χ2n) is 4.07. The molecule has 19 heavy (non-hydrogen) atoms. The van der Waals surface area contributed by atoms with E-state index in [1.54, 1.807) is 30.5 Å². The summed E-state index contributed by atoms with van der Waals surface area (Å²) in [5.74, 6) is -0.411. The maximum Gasteiger partial charge on any atom is 0.257 e. The molecule has 2 rings (SSSR count). The van der Waals surface area contributed by atoms with Crippen LogP contribution in [-0.2, 0) is 0 Å². The first-order valence-electron chi connectivity index (χ1n) is 5.62. The van der Waals surface area contributed by atoms with Gasteiger partial charge >= 0.3 is 0 Å². The minimum absolute atomic E-state index is 0.128. The molecule has 6 heteroatoms. The Hall–Kier alpha value is -2.21. The Balaban J connectivity index is 2.21. The van der Waals surface area contributed by atoms with Gasteiger partial charge in [-0.3, -0.25) is 14.9 Å². The van der Waals surface area contributed by atoms with Gasteiger partial charge in [-0.2, -0.15) is 0 Å². The van der Waals surface area contributed by atoms with E-state index in [9.17, 15) is 9.59 Å². The third kappa shape index (κ3) is 2.79. The molecule has 1 aromatic carbocycles. The highest BCUT2D eigenvalue weighted by Gasteiger charge is 2.13. The van der Waals surface area contributed by atoms with E-state index in [1.807, 2.05) is 0 Å². The van der Waals surface area contributed by atoms with E-state index in [4.69, 9.17) is 5.73 Å². The number of Topliss-reactive ketones (excluding diaryl/α,β-unsaturated/α-hetero) is 1. The predicted molar refractivity (Wildman–Crippen MR) is 75.7 cm³/mol. The van der Waals surface area contributed by atoms with Crippen LogP contribution < -0.4 is 11.1 Å². The molecule has 0 bridgehead atoms. The maximum atomic E-state index is 12.1. The largest absolute Gasteiger partial charge is 0.398 e. The zero-order valence-electron chi connectivity index (χ0n) is 10.6. The van der Waals surface area contributed by atoms with Gasteiger partial charge in [0.2, 0.25) is 0 Å². The summed E-state index contributed by atoms with van der Waals surface area (Å²) >= 11 is 1.22. The molecule has 2 aromatic rings. The average Bonchev–Trinajstić information content (AvgIpc) is 2.81. The van der Waals surface area contributed by atoms with Crippen LogP contribution >= 0.6 is 11.3 Å². The number of ketones is 1. The topological polar surface area (TPSA) is 85.1 Å². The second-order valence-corrected chi connectivity index (χ2v) is 4.93. The summed E-state index contributed by atoms with van der Waals surface area (Å²) in [6.45, 7) is 3.22. The van der Waals surface area contributed by atoms with Crippen LogP contribution in [0.4, 0.5) is 10.8 Å². The molecule has 0 unspecified atom stereocenters. The van der Waals surface area contributed by atoms with E-state index >= 15 is 0 Å². The number of aromatic nitrogens is 1. The van der Waals surface area contributed by atoms with Crippen LogP contribution in [0.1, 0.15) is 33.3 Å². The van der Waals surface area contributed by atoms with Crippen LogP contribution in [0, 0.1) is 6.92 Å². The number of carbonyl (C=O) groups excluding carboxylic acids is 2. The van der Waals surface area contributed by atoms with Gasteiger partial charge in [0.15, 0.2) is 10.9 Å². The number of nitrogens with two attached hydrogens (primary N) is 1. The molecule has 0 radical (unpaired) electrons. The molecule has 0 spiro atoms. The van der Waals surface area contributed by atoms with Crippen LogP contribution in [0.2, 0.25) is 0 Å². The summed E-state index contributed by atoms with van der Waals surface area (Å²) in [4.78, 5) is 27.2. The smallest absolute Gasteiger partial charge is 0.257 e. The SMILES string of the molecule is CC(=O)c1csc(NC(=O)c2cccc(N)c2C)n1. The highest BCUT2D eigenvalue weighted by molar-refractivity contribution is 7.14. The third-order valence-corrected chi connectivity index (χ3v) is 3.46. The minimum atomic E-state index is -0.283. The monoisotopic (exact) mass is 275 g/mol. The van der Waals surface area contributed by atoms with Gasteiger partial charge in [-0.1, -0.05) is 6.07 Å². The molecule has 5 nitrogen and oxygen atoms in total. The van der Waals surface area contributed by atoms with Crippen molar-refractivity contribution >= 4 is 33.8 Å². The quantitative estimate of drug-likeness (QED) is 0.665. The van der Waals surface area contributed by atoms with Gasteiger partial charge in [-0.15, -0.1) is 11.3 Å². The van der Waals surface area contributed by atoms with Crippen LogP contribution in [0.25, 0.3) is 0 Å². The number of thiazole rings is 1. The van der Waals surface area contributed by atoms with Crippen molar-refractivity contribution in [1.82, 2.24) is 4.98 Å². The van der Waals surface area contributed by atoms with Crippen molar-refractivity contribution in [3.63, 3.8) is 0 Å². The molecule has 1 amide bonds. The number of rotatable bonds is 3. The molecule has 0 saturated heterocycles. The first-order chi connectivity index (χ1) is 8.99. The van der Waals surface area contributed by atoms with E-state index in [-0.39, 0.29) is 11.7 Å². The zero-order valence-corrected chi connectivity index (χ0v) is 11.4. The van der Waals surface area contributed by atoms with Crippen molar-refractivity contribution < 1.29 is 9.59 Å². The molecule has 3 N–H and O–H groups in total. The Kier molecular flexibility index (Phi) is 3.62. The Morgan fingerprint density at radius 3 is 2.74 bits per heavy atom. The first kappa shape index (κ1) is 13.2. The number of nitrogens with zero attached hydrogens (tertiary/aromatic N) is 1. The summed E-state index contributed by atoms with van der Waals surface area (Å²) in [7, 11) is 0. The number of benzene rings is 1. The van der Waals surface area contributed by atoms with E-state index < -0.39 is 0 Å². The molecule has 1 aromatic heterocycles. The highest BCUT2D eigenvalue weighted by atomic mass is 32.1. The Bertz CT molecular complexity index is 649. The number of amides is 1. The Morgan fingerprint density at radius 2 is 2.11 bits per heavy atom. The lowest BCUT2D eigenvalue weighted by molar-refractivity contribution is 0.100. The number of nitrogen functional groups attached to an aromatic ring is 1. The van der Waals surface area contributed by atoms with E-state index in [2.05, 4.69) is 10.3 Å². The number of nitrogens with one attached hydrogen (secondary N) is 1. The van der Waals surface area contributed by atoms with Crippen LogP contribution in [0.5, 0.6) is 0 Å². The first-order valence-corrected chi connectivity index (χ1v) is 6.50. The van der Waals surface area contributed by atoms with Gasteiger partial charge in [0.1, 0.15) is 5.69 Å². The van der Waals surface area contributed by atoms with E-state index in [0.29, 0.717) is 22.1 Å². The van der Waals surface area contributed by atoms with Gasteiger partial charge in [0.25, 0.3) is 5.91 Å². The Labute approximate surface area is 114 Å². The Morgan fingerprint density at radius 1 is 1.37 bits per heavy atom. The number of hydrogen-bond donors (Lipinski definition) is 2. The maximum absolute atomic E-state index is 12.1. The van der Waals surface area contributed by atoms with E-state index in [0.717, 1.165) is 5.56 Å². The predicted octanol–water partition coefficient (Wildman–Crippen LogP) is 2.49. The summed E-state index contributed by atoms with van der Waals surface area (Å²) in [5.41, 5.74) is 7.90. The average molecular weight is 275 g/mol. The normalized spacial score (nSPS) is 10.2. The number of carbonyl (C=O) groups is 2. The van der Waals surface area contributed by atoms with Crippen molar-refractivity contribution in [2.75, 3.05) is 11.1 Å². The molecule has 98 valence electrons. The fourth-order valence-electron chi connectivity index (χ4n) is 1.56. The van der Waals surface area contributed by atoms with Crippen LogP contribution in [0.3, 0.4) is 0 Å². The van der Waals surface area contributed by atoms with Gasteiger partial charge in [0, 0.05) is 23.6 Å². The fraction of sp³-hybridized carbons (Fsp3) is 0.154. The van der Waals surface area contributed by atoms with Crippen molar-refractivity contribution in [3.05, 3.63) is 40.4 Å². The minimum Gasteiger partial charge on any atom is -0.398 e. The molecule has 0 saturated carbocycles. The molecule has 1 heterocycles. The summed E-state index contributed by atoms with van der Waals surface area (Å²) in [6.07, 6.45) is 0. The van der Waals surface area contributed by atoms with Crippen molar-refractivity contribution in [1.29, 1.82) is 0 Å².